The second kappa shape index (κ2) is 10.4. The normalized spacial score (nSPS) is 14.3. The highest BCUT2D eigenvalue weighted by atomic mass is 16.6. The summed E-state index contributed by atoms with van der Waals surface area (Å²) in [7, 11) is 2.64. The number of amides is 3. The molecular weight excluding hydrogens is 436 g/mol. The predicted octanol–water partition coefficient (Wildman–Crippen LogP) is 2.11. The highest BCUT2D eigenvalue weighted by Gasteiger charge is 2.34. The molecule has 3 amide bonds. The van der Waals surface area contributed by atoms with Crippen LogP contribution in [0.2, 0.25) is 0 Å². The summed E-state index contributed by atoms with van der Waals surface area (Å²) >= 11 is 0. The standard InChI is InChI=1S/C22H22N2O9/c1-4-31-18(25)12-32-19-13(6-5-7-16(19)29-2)10-15-20(26)24(22(28)23-15)11-14-8-9-17(33-14)21(27)30-3/h5-10H,4,11-12H2,1-3H3,(H,23,28)/b15-10-. The minimum atomic E-state index is -0.674. The summed E-state index contributed by atoms with van der Waals surface area (Å²) in [5.74, 6) is -1.15. The van der Waals surface area contributed by atoms with Gasteiger partial charge in [0, 0.05) is 5.56 Å². The zero-order chi connectivity index (χ0) is 24.0. The molecule has 0 atom stereocenters. The smallest absolute Gasteiger partial charge is 0.373 e. The third kappa shape index (κ3) is 5.32. The predicted molar refractivity (Wildman–Crippen MR) is 112 cm³/mol. The number of ether oxygens (including phenoxy) is 4. The highest BCUT2D eigenvalue weighted by molar-refractivity contribution is 6.14. The van der Waals surface area contributed by atoms with Gasteiger partial charge < -0.3 is 28.7 Å². The topological polar surface area (TPSA) is 134 Å². The summed E-state index contributed by atoms with van der Waals surface area (Å²) in [5.41, 5.74) is 0.379. The number of carbonyl (C=O) groups excluding carboxylic acids is 4. The first-order valence-electron chi connectivity index (χ1n) is 9.84. The maximum Gasteiger partial charge on any atom is 0.373 e. The number of imide groups is 1. The molecule has 1 aromatic heterocycles. The van der Waals surface area contributed by atoms with Crippen molar-refractivity contribution >= 4 is 30.0 Å². The Bertz CT molecular complexity index is 1100. The minimum Gasteiger partial charge on any atom is -0.493 e. The van der Waals surface area contributed by atoms with Gasteiger partial charge >= 0.3 is 18.0 Å². The maximum atomic E-state index is 12.8. The van der Waals surface area contributed by atoms with Crippen molar-refractivity contribution < 1.29 is 42.5 Å². The first kappa shape index (κ1) is 23.4. The molecule has 0 aliphatic carbocycles. The van der Waals surface area contributed by atoms with E-state index in [1.165, 1.54) is 32.4 Å². The van der Waals surface area contributed by atoms with Crippen LogP contribution in [0.15, 0.2) is 40.4 Å². The van der Waals surface area contributed by atoms with E-state index >= 15 is 0 Å². The van der Waals surface area contributed by atoms with Crippen molar-refractivity contribution in [1.82, 2.24) is 10.2 Å². The Morgan fingerprint density at radius 1 is 1.15 bits per heavy atom. The van der Waals surface area contributed by atoms with Crippen LogP contribution >= 0.6 is 0 Å². The van der Waals surface area contributed by atoms with Crippen molar-refractivity contribution in [2.45, 2.75) is 13.5 Å². The van der Waals surface area contributed by atoms with E-state index in [0.717, 1.165) is 4.90 Å². The van der Waals surface area contributed by atoms with E-state index in [0.29, 0.717) is 11.3 Å². The average Bonchev–Trinajstić information content (AvgIpc) is 3.38. The maximum absolute atomic E-state index is 12.8. The van der Waals surface area contributed by atoms with Gasteiger partial charge in [-0.05, 0) is 31.2 Å². The summed E-state index contributed by atoms with van der Waals surface area (Å²) in [6.45, 7) is 1.33. The number of furan rings is 1. The molecule has 11 heteroatoms. The molecular formula is C22H22N2O9. The van der Waals surface area contributed by atoms with Crippen LogP contribution in [-0.2, 0) is 25.6 Å². The van der Waals surface area contributed by atoms with E-state index in [1.54, 1.807) is 25.1 Å². The molecule has 0 radical (unpaired) electrons. The van der Waals surface area contributed by atoms with Crippen molar-refractivity contribution in [3.05, 3.63) is 53.1 Å². The number of esters is 2. The SMILES string of the molecule is CCOC(=O)COc1c(/C=C2\NC(=O)N(Cc3ccc(C(=O)OC)o3)C2=O)cccc1OC. The molecule has 0 saturated carbocycles. The van der Waals surface area contributed by atoms with E-state index in [2.05, 4.69) is 10.1 Å². The van der Waals surface area contributed by atoms with Crippen LogP contribution in [0, 0.1) is 0 Å². The van der Waals surface area contributed by atoms with Crippen LogP contribution in [0.25, 0.3) is 6.08 Å². The molecule has 174 valence electrons. The number of carbonyl (C=O) groups is 4. The van der Waals surface area contributed by atoms with Crippen LogP contribution in [0.4, 0.5) is 4.79 Å². The van der Waals surface area contributed by atoms with Crippen LogP contribution in [0.1, 0.15) is 28.8 Å². The van der Waals surface area contributed by atoms with E-state index in [1.807, 2.05) is 0 Å². The van der Waals surface area contributed by atoms with Crippen molar-refractivity contribution in [2.24, 2.45) is 0 Å². The second-order valence-corrected chi connectivity index (χ2v) is 6.61. The number of nitrogens with zero attached hydrogens (tertiary/aromatic N) is 1. The molecule has 1 saturated heterocycles. The van der Waals surface area contributed by atoms with Gasteiger partial charge in [-0.25, -0.2) is 14.4 Å². The summed E-state index contributed by atoms with van der Waals surface area (Å²) in [6.07, 6.45) is 1.41. The van der Waals surface area contributed by atoms with Gasteiger partial charge in [-0.2, -0.15) is 0 Å². The lowest BCUT2D eigenvalue weighted by Crippen LogP contribution is -2.30. The molecule has 2 aromatic rings. The van der Waals surface area contributed by atoms with Crippen molar-refractivity contribution in [2.75, 3.05) is 27.4 Å². The lowest BCUT2D eigenvalue weighted by atomic mass is 10.1. The van der Waals surface area contributed by atoms with Crippen LogP contribution in [0.5, 0.6) is 11.5 Å². The molecule has 0 bridgehead atoms. The molecule has 33 heavy (non-hydrogen) atoms. The van der Waals surface area contributed by atoms with E-state index in [4.69, 9.17) is 18.6 Å². The van der Waals surface area contributed by atoms with Crippen LogP contribution < -0.4 is 14.8 Å². The Labute approximate surface area is 188 Å². The zero-order valence-electron chi connectivity index (χ0n) is 18.2. The average molecular weight is 458 g/mol. The highest BCUT2D eigenvalue weighted by Crippen LogP contribution is 2.33. The Morgan fingerprint density at radius 3 is 2.64 bits per heavy atom. The third-order valence-electron chi connectivity index (χ3n) is 4.49. The Balaban J connectivity index is 1.81. The fourth-order valence-electron chi connectivity index (χ4n) is 3.00. The molecule has 1 aromatic carbocycles. The Kier molecular flexibility index (Phi) is 7.34. The molecule has 1 aliphatic heterocycles. The molecule has 1 N–H and O–H groups in total. The van der Waals surface area contributed by atoms with Gasteiger partial charge in [0.05, 0.1) is 27.4 Å². The summed E-state index contributed by atoms with van der Waals surface area (Å²) in [5, 5.41) is 2.49. The molecule has 11 nitrogen and oxygen atoms in total. The first-order chi connectivity index (χ1) is 15.9. The number of benzene rings is 1. The fourth-order valence-corrected chi connectivity index (χ4v) is 3.00. The first-order valence-corrected chi connectivity index (χ1v) is 9.84. The largest absolute Gasteiger partial charge is 0.493 e. The third-order valence-corrected chi connectivity index (χ3v) is 4.49. The van der Waals surface area contributed by atoms with Gasteiger partial charge in [0.2, 0.25) is 5.76 Å². The number of methoxy groups -OCH3 is 2. The van der Waals surface area contributed by atoms with Gasteiger partial charge in [0.1, 0.15) is 11.5 Å². The number of para-hydroxylation sites is 1. The van der Waals surface area contributed by atoms with Crippen LogP contribution in [0.3, 0.4) is 0 Å². The molecule has 2 heterocycles. The second-order valence-electron chi connectivity index (χ2n) is 6.61. The van der Waals surface area contributed by atoms with Gasteiger partial charge in [0.25, 0.3) is 5.91 Å². The quantitative estimate of drug-likeness (QED) is 0.341. The van der Waals surface area contributed by atoms with Gasteiger partial charge in [-0.15, -0.1) is 0 Å². The van der Waals surface area contributed by atoms with Crippen molar-refractivity contribution in [3.8, 4) is 11.5 Å². The number of nitrogens with one attached hydrogen (secondary N) is 1. The van der Waals surface area contributed by atoms with Gasteiger partial charge in [-0.1, -0.05) is 12.1 Å². The zero-order valence-corrected chi connectivity index (χ0v) is 18.2. The van der Waals surface area contributed by atoms with Crippen molar-refractivity contribution in [1.29, 1.82) is 0 Å². The van der Waals surface area contributed by atoms with E-state index in [9.17, 15) is 19.2 Å². The Hall–Kier alpha value is -4.28. The summed E-state index contributed by atoms with van der Waals surface area (Å²) in [4.78, 5) is 49.4. The molecule has 3 rings (SSSR count). The number of urea groups is 1. The number of hydrogen-bond acceptors (Lipinski definition) is 9. The van der Waals surface area contributed by atoms with E-state index < -0.39 is 23.9 Å². The van der Waals surface area contributed by atoms with Crippen LogP contribution in [-0.4, -0.2) is 56.2 Å². The lowest BCUT2D eigenvalue weighted by molar-refractivity contribution is -0.145. The summed E-state index contributed by atoms with van der Waals surface area (Å²) < 4.78 is 25.6. The summed E-state index contributed by atoms with van der Waals surface area (Å²) in [6, 6.07) is 7.11. The minimum absolute atomic E-state index is 0.0195. The fraction of sp³-hybridized carbons (Fsp3) is 0.273. The van der Waals surface area contributed by atoms with Gasteiger partial charge in [-0.3, -0.25) is 9.69 Å². The number of rotatable bonds is 9. The molecule has 1 fully saturated rings. The molecule has 1 aliphatic rings. The monoisotopic (exact) mass is 458 g/mol. The van der Waals surface area contributed by atoms with Gasteiger partial charge in [0.15, 0.2) is 18.1 Å². The van der Waals surface area contributed by atoms with E-state index in [-0.39, 0.29) is 42.7 Å². The molecule has 0 unspecified atom stereocenters. The lowest BCUT2D eigenvalue weighted by Gasteiger charge is -2.13. The number of hydrogen-bond donors (Lipinski definition) is 1. The molecule has 0 spiro atoms. The Morgan fingerprint density at radius 2 is 1.94 bits per heavy atom. The van der Waals surface area contributed by atoms with Crippen molar-refractivity contribution in [3.63, 3.8) is 0 Å².